The molecule has 2 aromatic heterocycles. The lowest BCUT2D eigenvalue weighted by Gasteiger charge is -2.07. The molecule has 0 aliphatic carbocycles. The van der Waals surface area contributed by atoms with E-state index in [1.165, 1.54) is 15.7 Å². The molecule has 0 aliphatic rings. The van der Waals surface area contributed by atoms with Crippen molar-refractivity contribution < 1.29 is 19.7 Å². The Hall–Kier alpha value is -1.97. The van der Waals surface area contributed by atoms with Crippen LogP contribution in [-0.2, 0) is 4.74 Å². The van der Waals surface area contributed by atoms with Gasteiger partial charge in [-0.05, 0) is 6.92 Å². The van der Waals surface area contributed by atoms with E-state index in [1.807, 2.05) is 0 Å². The van der Waals surface area contributed by atoms with Gasteiger partial charge >= 0.3 is 0 Å². The summed E-state index contributed by atoms with van der Waals surface area (Å²) in [6.07, 6.45) is 0. The summed E-state index contributed by atoms with van der Waals surface area (Å²) < 4.78 is 6.26. The van der Waals surface area contributed by atoms with Gasteiger partial charge in [-0.1, -0.05) is 0 Å². The molecule has 0 aromatic carbocycles. The zero-order valence-corrected chi connectivity index (χ0v) is 12.1. The Labute approximate surface area is 123 Å². The number of aryl methyl sites for hydroxylation is 1. The van der Waals surface area contributed by atoms with Crippen molar-refractivity contribution in [1.29, 1.82) is 0 Å². The second-order valence-electron chi connectivity index (χ2n) is 4.20. The summed E-state index contributed by atoms with van der Waals surface area (Å²) in [4.78, 5) is 28.4. The molecule has 8 nitrogen and oxygen atoms in total. The predicted octanol–water partition coefficient (Wildman–Crippen LogP) is -0.491. The van der Waals surface area contributed by atoms with E-state index in [0.717, 1.165) is 0 Å². The van der Waals surface area contributed by atoms with Gasteiger partial charge in [0.15, 0.2) is 10.5 Å². The van der Waals surface area contributed by atoms with E-state index >= 15 is 0 Å². The first-order valence-corrected chi connectivity index (χ1v) is 7.11. The molecular formula is C12H15N3O5S. The average Bonchev–Trinajstić information content (AvgIpc) is 2.80. The number of ether oxygens (including phenoxy) is 1. The molecule has 0 spiro atoms. The third-order valence-electron chi connectivity index (χ3n) is 2.72. The summed E-state index contributed by atoms with van der Waals surface area (Å²) in [5.41, 5.74) is -0.353. The molecule has 0 unspecified atom stereocenters. The maximum absolute atomic E-state index is 12.3. The molecule has 0 aliphatic heterocycles. The Balaban J connectivity index is 2.19. The van der Waals surface area contributed by atoms with E-state index in [2.05, 4.69) is 10.3 Å². The van der Waals surface area contributed by atoms with E-state index in [-0.39, 0.29) is 26.4 Å². The molecule has 0 radical (unpaired) electrons. The molecule has 21 heavy (non-hydrogen) atoms. The van der Waals surface area contributed by atoms with Gasteiger partial charge in [0.1, 0.15) is 0 Å². The van der Waals surface area contributed by atoms with Crippen molar-refractivity contribution in [2.24, 2.45) is 0 Å². The van der Waals surface area contributed by atoms with Crippen LogP contribution in [0.25, 0.3) is 4.96 Å². The van der Waals surface area contributed by atoms with Crippen molar-refractivity contribution >= 4 is 22.2 Å². The smallest absolute Gasteiger partial charge is 0.275 e. The first kappa shape index (κ1) is 15.4. The second kappa shape index (κ2) is 6.66. The van der Waals surface area contributed by atoms with Gasteiger partial charge in [0, 0.05) is 17.6 Å². The fraction of sp³-hybridized carbons (Fsp3) is 0.417. The number of hydrogen-bond acceptors (Lipinski definition) is 7. The molecule has 2 rings (SSSR count). The van der Waals surface area contributed by atoms with E-state index in [1.54, 1.807) is 12.3 Å². The van der Waals surface area contributed by atoms with Crippen LogP contribution in [-0.4, -0.2) is 51.9 Å². The molecule has 2 heterocycles. The summed E-state index contributed by atoms with van der Waals surface area (Å²) in [7, 11) is 0. The third kappa shape index (κ3) is 3.20. The van der Waals surface area contributed by atoms with Crippen LogP contribution in [0, 0.1) is 6.92 Å². The standard InChI is InChI=1S/C12H15N3O5S/c1-7-6-21-12-14-10(18)8(11(19)15(7)12)9(17)13-2-4-20-5-3-16/h6,16,18H,2-5H2,1H3,(H,13,17). The molecule has 0 saturated carbocycles. The highest BCUT2D eigenvalue weighted by atomic mass is 32.1. The molecule has 2 aromatic rings. The number of thiazole rings is 1. The number of rotatable bonds is 6. The number of aromatic nitrogens is 2. The van der Waals surface area contributed by atoms with Crippen molar-refractivity contribution in [3.05, 3.63) is 27.0 Å². The molecule has 114 valence electrons. The maximum Gasteiger partial charge on any atom is 0.275 e. The SMILES string of the molecule is Cc1csc2nc(O)c(C(=O)NCCOCCO)c(=O)n12. The Kier molecular flexibility index (Phi) is 4.89. The summed E-state index contributed by atoms with van der Waals surface area (Å²) in [5, 5.41) is 22.5. The fourth-order valence-electron chi connectivity index (χ4n) is 1.76. The number of aliphatic hydroxyl groups excluding tert-OH is 1. The van der Waals surface area contributed by atoms with E-state index in [4.69, 9.17) is 9.84 Å². The molecule has 9 heteroatoms. The van der Waals surface area contributed by atoms with Gasteiger partial charge < -0.3 is 20.3 Å². The molecular weight excluding hydrogens is 298 g/mol. The Morgan fingerprint density at radius 2 is 2.29 bits per heavy atom. The molecule has 1 amide bonds. The monoisotopic (exact) mass is 313 g/mol. The molecule has 0 fully saturated rings. The summed E-state index contributed by atoms with van der Waals surface area (Å²) in [6, 6.07) is 0. The van der Waals surface area contributed by atoms with E-state index in [9.17, 15) is 14.7 Å². The number of aromatic hydroxyl groups is 1. The molecule has 0 saturated heterocycles. The number of carbonyl (C=O) groups excluding carboxylic acids is 1. The minimum atomic E-state index is -0.711. The van der Waals surface area contributed by atoms with Gasteiger partial charge in [-0.2, -0.15) is 4.98 Å². The highest BCUT2D eigenvalue weighted by Crippen LogP contribution is 2.17. The molecule has 0 atom stereocenters. The van der Waals surface area contributed by atoms with E-state index in [0.29, 0.717) is 10.7 Å². The van der Waals surface area contributed by atoms with Crippen molar-refractivity contribution in [3.8, 4) is 5.88 Å². The van der Waals surface area contributed by atoms with Crippen molar-refractivity contribution in [1.82, 2.24) is 14.7 Å². The van der Waals surface area contributed by atoms with Gasteiger partial charge in [0.05, 0.1) is 19.8 Å². The largest absolute Gasteiger partial charge is 0.492 e. The lowest BCUT2D eigenvalue weighted by Crippen LogP contribution is -2.33. The lowest BCUT2D eigenvalue weighted by molar-refractivity contribution is 0.0835. The number of fused-ring (bicyclic) bond motifs is 1. The van der Waals surface area contributed by atoms with Crippen LogP contribution in [0.4, 0.5) is 0 Å². The van der Waals surface area contributed by atoms with Gasteiger partial charge in [-0.25, -0.2) is 0 Å². The van der Waals surface area contributed by atoms with Gasteiger partial charge in [0.25, 0.3) is 11.5 Å². The normalized spacial score (nSPS) is 11.0. The minimum absolute atomic E-state index is 0.103. The number of amides is 1. The Bertz CT molecular complexity index is 709. The predicted molar refractivity (Wildman–Crippen MR) is 76.0 cm³/mol. The highest BCUT2D eigenvalue weighted by Gasteiger charge is 2.20. The third-order valence-corrected chi connectivity index (χ3v) is 3.66. The van der Waals surface area contributed by atoms with Crippen LogP contribution >= 0.6 is 11.3 Å². The second-order valence-corrected chi connectivity index (χ2v) is 5.04. The number of nitrogens with zero attached hydrogens (tertiary/aromatic N) is 2. The number of aliphatic hydroxyl groups is 1. The maximum atomic E-state index is 12.3. The van der Waals surface area contributed by atoms with Gasteiger partial charge in [-0.3, -0.25) is 14.0 Å². The summed E-state index contributed by atoms with van der Waals surface area (Å²) in [5.74, 6) is -1.30. The van der Waals surface area contributed by atoms with Crippen LogP contribution < -0.4 is 10.9 Å². The number of hydrogen-bond donors (Lipinski definition) is 3. The lowest BCUT2D eigenvalue weighted by atomic mass is 10.3. The first-order valence-electron chi connectivity index (χ1n) is 6.23. The van der Waals surface area contributed by atoms with Crippen LogP contribution in [0.5, 0.6) is 5.88 Å². The van der Waals surface area contributed by atoms with Crippen LogP contribution in [0.15, 0.2) is 10.2 Å². The summed E-state index contributed by atoms with van der Waals surface area (Å²) >= 11 is 1.21. The van der Waals surface area contributed by atoms with Gasteiger partial charge in [-0.15, -0.1) is 11.3 Å². The van der Waals surface area contributed by atoms with Crippen molar-refractivity contribution in [2.75, 3.05) is 26.4 Å². The van der Waals surface area contributed by atoms with Crippen molar-refractivity contribution in [2.45, 2.75) is 6.92 Å². The zero-order chi connectivity index (χ0) is 15.4. The number of carbonyl (C=O) groups is 1. The number of nitrogens with one attached hydrogen (secondary N) is 1. The molecule has 3 N–H and O–H groups in total. The Morgan fingerprint density at radius 3 is 3.00 bits per heavy atom. The quantitative estimate of drug-likeness (QED) is 0.620. The van der Waals surface area contributed by atoms with Gasteiger partial charge in [0.2, 0.25) is 5.88 Å². The fourth-order valence-corrected chi connectivity index (χ4v) is 2.61. The van der Waals surface area contributed by atoms with Crippen LogP contribution in [0.1, 0.15) is 16.1 Å². The highest BCUT2D eigenvalue weighted by molar-refractivity contribution is 7.15. The zero-order valence-electron chi connectivity index (χ0n) is 11.3. The van der Waals surface area contributed by atoms with Crippen LogP contribution in [0.2, 0.25) is 0 Å². The molecule has 0 bridgehead atoms. The average molecular weight is 313 g/mol. The minimum Gasteiger partial charge on any atom is -0.492 e. The first-order chi connectivity index (χ1) is 10.1. The Morgan fingerprint density at radius 1 is 1.52 bits per heavy atom. The van der Waals surface area contributed by atoms with Crippen molar-refractivity contribution in [3.63, 3.8) is 0 Å². The van der Waals surface area contributed by atoms with E-state index < -0.39 is 22.9 Å². The summed E-state index contributed by atoms with van der Waals surface area (Å²) in [6.45, 7) is 2.14. The topological polar surface area (TPSA) is 113 Å². The van der Waals surface area contributed by atoms with Crippen LogP contribution in [0.3, 0.4) is 0 Å².